The van der Waals surface area contributed by atoms with Crippen molar-refractivity contribution in [1.29, 1.82) is 0 Å². The first-order chi connectivity index (χ1) is 29.8. The first kappa shape index (κ1) is 35.5. The Morgan fingerprint density at radius 3 is 1.75 bits per heavy atom. The molecular weight excluding hydrogens is 741 g/mol. The van der Waals surface area contributed by atoms with Gasteiger partial charge in [-0.25, -0.2) is 4.98 Å². The minimum Gasteiger partial charge on any atom is -0.277 e. The van der Waals surface area contributed by atoms with Crippen LogP contribution in [0.2, 0.25) is 0 Å². The second kappa shape index (κ2) is 13.0. The molecule has 2 aliphatic carbocycles. The summed E-state index contributed by atoms with van der Waals surface area (Å²) in [6.07, 6.45) is 0. The van der Waals surface area contributed by atoms with E-state index < -0.39 is 0 Å². The van der Waals surface area contributed by atoms with Crippen molar-refractivity contribution in [3.8, 4) is 73.2 Å². The SMILES string of the molecule is CC1(C)c2ccccc2-c2c(-c3nc(-c4cccc(-c5ccc(-c6ccccc6)cc5)c4)nc(-n4c5ccccc5c5ccc6c(c54)C(C)(C)c4ccccc4-6)n3)cccc21. The number of benzene rings is 8. The fourth-order valence-electron chi connectivity index (χ4n) is 10.5. The van der Waals surface area contributed by atoms with Crippen molar-refractivity contribution in [1.82, 2.24) is 19.5 Å². The van der Waals surface area contributed by atoms with Gasteiger partial charge >= 0.3 is 0 Å². The van der Waals surface area contributed by atoms with Gasteiger partial charge in [0.25, 0.3) is 0 Å². The Balaban J connectivity index is 1.12. The van der Waals surface area contributed by atoms with Gasteiger partial charge in [0.15, 0.2) is 11.6 Å². The molecule has 0 aliphatic heterocycles. The van der Waals surface area contributed by atoms with Gasteiger partial charge in [0.05, 0.1) is 11.0 Å². The summed E-state index contributed by atoms with van der Waals surface area (Å²) in [7, 11) is 0. The predicted octanol–water partition coefficient (Wildman–Crippen LogP) is 14.2. The maximum atomic E-state index is 5.55. The van der Waals surface area contributed by atoms with Crippen LogP contribution in [0.15, 0.2) is 182 Å². The van der Waals surface area contributed by atoms with E-state index in [1.807, 2.05) is 0 Å². The fraction of sp³-hybridized carbons (Fsp3) is 0.105. The number of hydrogen-bond donors (Lipinski definition) is 0. The first-order valence-electron chi connectivity index (χ1n) is 21.2. The summed E-state index contributed by atoms with van der Waals surface area (Å²) in [4.78, 5) is 16.5. The molecule has 0 amide bonds. The normalized spacial score (nSPS) is 14.2. The summed E-state index contributed by atoms with van der Waals surface area (Å²) in [6, 6.07) is 65.5. The topological polar surface area (TPSA) is 43.6 Å². The fourth-order valence-corrected chi connectivity index (χ4v) is 10.5. The Morgan fingerprint density at radius 2 is 0.951 bits per heavy atom. The highest BCUT2D eigenvalue weighted by Gasteiger charge is 2.40. The van der Waals surface area contributed by atoms with Crippen molar-refractivity contribution in [2.45, 2.75) is 38.5 Å². The standard InChI is InChI=1S/C57H42N4/c1-56(2)47-25-12-9-22-44(47)50-45(23-15-26-48(50)56)54-58-53(39-19-14-18-38(34-39)37-30-28-36(29-31-37)35-16-6-5-7-17-35)59-55(60-54)61-49-27-13-10-21-41(49)43-33-32-42-40-20-8-11-24-46(40)57(3,4)51(42)52(43)61/h5-34H,1-4H3. The molecule has 12 rings (SSSR count). The van der Waals surface area contributed by atoms with Gasteiger partial charge in [0.2, 0.25) is 5.95 Å². The molecule has 0 bridgehead atoms. The Hall–Kier alpha value is -7.43. The van der Waals surface area contributed by atoms with Crippen molar-refractivity contribution < 1.29 is 0 Å². The summed E-state index contributed by atoms with van der Waals surface area (Å²) < 4.78 is 2.32. The summed E-state index contributed by atoms with van der Waals surface area (Å²) in [5, 5.41) is 2.36. The van der Waals surface area contributed by atoms with Crippen LogP contribution in [0, 0.1) is 0 Å². The van der Waals surface area contributed by atoms with E-state index in [1.165, 1.54) is 66.4 Å². The van der Waals surface area contributed by atoms with Crippen LogP contribution in [0.1, 0.15) is 49.9 Å². The third kappa shape index (κ3) is 5.21. The van der Waals surface area contributed by atoms with E-state index >= 15 is 0 Å². The monoisotopic (exact) mass is 782 g/mol. The zero-order valence-electron chi connectivity index (χ0n) is 34.6. The van der Waals surface area contributed by atoms with Gasteiger partial charge in [-0.2, -0.15) is 9.97 Å². The third-order valence-corrected chi connectivity index (χ3v) is 13.5. The summed E-state index contributed by atoms with van der Waals surface area (Å²) in [5.74, 6) is 1.89. The van der Waals surface area contributed by atoms with Crippen LogP contribution in [0.4, 0.5) is 0 Å². The highest BCUT2D eigenvalue weighted by molar-refractivity contribution is 6.13. The quantitative estimate of drug-likeness (QED) is 0.175. The smallest absolute Gasteiger partial charge is 0.238 e. The third-order valence-electron chi connectivity index (χ3n) is 13.5. The van der Waals surface area contributed by atoms with Gasteiger partial charge in [0, 0.05) is 32.7 Å². The molecule has 0 atom stereocenters. The lowest BCUT2D eigenvalue weighted by atomic mass is 9.81. The summed E-state index contributed by atoms with van der Waals surface area (Å²) in [6.45, 7) is 9.35. The molecule has 61 heavy (non-hydrogen) atoms. The van der Waals surface area contributed by atoms with Crippen LogP contribution in [0.5, 0.6) is 0 Å². The lowest BCUT2D eigenvalue weighted by Crippen LogP contribution is -2.17. The molecule has 8 aromatic carbocycles. The average molecular weight is 783 g/mol. The molecule has 290 valence electrons. The molecule has 0 fully saturated rings. The minimum absolute atomic E-state index is 0.168. The van der Waals surface area contributed by atoms with E-state index in [2.05, 4.69) is 214 Å². The van der Waals surface area contributed by atoms with Crippen molar-refractivity contribution in [2.75, 3.05) is 0 Å². The van der Waals surface area contributed by atoms with Gasteiger partial charge in [-0.3, -0.25) is 4.57 Å². The van der Waals surface area contributed by atoms with Gasteiger partial charge in [-0.1, -0.05) is 198 Å². The van der Waals surface area contributed by atoms with Gasteiger partial charge < -0.3 is 0 Å². The van der Waals surface area contributed by atoms with Crippen LogP contribution >= 0.6 is 0 Å². The largest absolute Gasteiger partial charge is 0.277 e. The second-order valence-corrected chi connectivity index (χ2v) is 17.6. The number of para-hydroxylation sites is 1. The van der Waals surface area contributed by atoms with E-state index in [1.54, 1.807) is 0 Å². The molecule has 0 spiro atoms. The molecule has 4 heteroatoms. The number of rotatable bonds is 5. The Labute approximate surface area is 355 Å². The van der Waals surface area contributed by atoms with Crippen LogP contribution in [0.3, 0.4) is 0 Å². The van der Waals surface area contributed by atoms with Crippen LogP contribution < -0.4 is 0 Å². The second-order valence-electron chi connectivity index (χ2n) is 17.6. The van der Waals surface area contributed by atoms with Crippen LogP contribution in [0.25, 0.3) is 95.0 Å². The van der Waals surface area contributed by atoms with E-state index in [4.69, 9.17) is 15.0 Å². The zero-order valence-corrected chi connectivity index (χ0v) is 34.6. The highest BCUT2D eigenvalue weighted by atomic mass is 15.2. The Morgan fingerprint density at radius 1 is 0.377 bits per heavy atom. The maximum absolute atomic E-state index is 5.55. The number of fused-ring (bicyclic) bond motifs is 10. The molecule has 0 N–H and O–H groups in total. The van der Waals surface area contributed by atoms with Crippen molar-refractivity contribution in [3.63, 3.8) is 0 Å². The van der Waals surface area contributed by atoms with Gasteiger partial charge in [-0.15, -0.1) is 0 Å². The molecule has 0 saturated heterocycles. The minimum atomic E-state index is -0.254. The number of nitrogens with zero attached hydrogens (tertiary/aromatic N) is 4. The van der Waals surface area contributed by atoms with Gasteiger partial charge in [-0.05, 0) is 78.9 Å². The lowest BCUT2D eigenvalue weighted by molar-refractivity contribution is 0.660. The predicted molar refractivity (Wildman–Crippen MR) is 251 cm³/mol. The lowest BCUT2D eigenvalue weighted by Gasteiger charge is -2.23. The molecule has 2 heterocycles. The van der Waals surface area contributed by atoms with Crippen molar-refractivity contribution >= 4 is 21.8 Å². The van der Waals surface area contributed by atoms with Gasteiger partial charge in [0.1, 0.15) is 0 Å². The molecule has 10 aromatic rings. The van der Waals surface area contributed by atoms with E-state index in [0.29, 0.717) is 17.6 Å². The highest BCUT2D eigenvalue weighted by Crippen LogP contribution is 2.54. The van der Waals surface area contributed by atoms with Crippen molar-refractivity contribution in [2.24, 2.45) is 0 Å². The number of hydrogen-bond acceptors (Lipinski definition) is 3. The van der Waals surface area contributed by atoms with Crippen LogP contribution in [-0.4, -0.2) is 19.5 Å². The summed E-state index contributed by atoms with van der Waals surface area (Å²) >= 11 is 0. The molecular formula is C57H42N4. The van der Waals surface area contributed by atoms with E-state index in [-0.39, 0.29) is 10.8 Å². The molecule has 0 radical (unpaired) electrons. The van der Waals surface area contributed by atoms with Crippen molar-refractivity contribution in [3.05, 3.63) is 204 Å². The summed E-state index contributed by atoms with van der Waals surface area (Å²) in [5.41, 5.74) is 18.6. The Bertz CT molecular complexity index is 3410. The average Bonchev–Trinajstić information content (AvgIpc) is 3.86. The molecule has 2 aliphatic rings. The molecule has 2 aromatic heterocycles. The Kier molecular flexibility index (Phi) is 7.59. The molecule has 4 nitrogen and oxygen atoms in total. The maximum Gasteiger partial charge on any atom is 0.238 e. The van der Waals surface area contributed by atoms with Crippen LogP contribution in [-0.2, 0) is 10.8 Å². The molecule has 0 saturated carbocycles. The van der Waals surface area contributed by atoms with E-state index in [0.717, 1.165) is 33.3 Å². The van der Waals surface area contributed by atoms with E-state index in [9.17, 15) is 0 Å². The molecule has 0 unspecified atom stereocenters. The number of aromatic nitrogens is 4. The first-order valence-corrected chi connectivity index (χ1v) is 21.2. The zero-order chi connectivity index (χ0) is 41.0.